The standard InChI is InChI=1S/C22H22N4O4S/c1-2-30-19-10-6-3-7-16(19)15-20-21(27)23-22(31-20)25-13-11-24(12-14-25)17-8-4-5-9-18(17)26(28)29/h3-10,15H,2,11-14H2,1H3/b20-15+. The maximum Gasteiger partial charge on any atom is 0.292 e. The summed E-state index contributed by atoms with van der Waals surface area (Å²) in [5, 5.41) is 12.0. The van der Waals surface area contributed by atoms with Gasteiger partial charge in [0, 0.05) is 37.8 Å². The highest BCUT2D eigenvalue weighted by atomic mass is 32.2. The van der Waals surface area contributed by atoms with Crippen LogP contribution in [0.2, 0.25) is 0 Å². The van der Waals surface area contributed by atoms with E-state index >= 15 is 0 Å². The molecule has 1 fully saturated rings. The third-order valence-corrected chi connectivity index (χ3v) is 6.13. The van der Waals surface area contributed by atoms with E-state index in [1.165, 1.54) is 17.8 Å². The van der Waals surface area contributed by atoms with Gasteiger partial charge in [0.05, 0.1) is 16.4 Å². The lowest BCUT2D eigenvalue weighted by atomic mass is 10.2. The summed E-state index contributed by atoms with van der Waals surface area (Å²) in [6, 6.07) is 14.4. The van der Waals surface area contributed by atoms with Crippen molar-refractivity contribution in [3.63, 3.8) is 0 Å². The molecule has 9 heteroatoms. The Balaban J connectivity index is 1.43. The number of amidine groups is 1. The Kier molecular flexibility index (Phi) is 6.22. The van der Waals surface area contributed by atoms with Gasteiger partial charge < -0.3 is 14.5 Å². The highest BCUT2D eigenvalue weighted by molar-refractivity contribution is 8.18. The molecule has 2 aromatic rings. The van der Waals surface area contributed by atoms with Gasteiger partial charge in [0.15, 0.2) is 5.17 Å². The molecule has 0 radical (unpaired) electrons. The number of piperazine rings is 1. The fourth-order valence-corrected chi connectivity index (χ4v) is 4.54. The number of thioether (sulfide) groups is 1. The van der Waals surface area contributed by atoms with Crippen molar-refractivity contribution in [3.8, 4) is 5.75 Å². The predicted molar refractivity (Wildman–Crippen MR) is 123 cm³/mol. The van der Waals surface area contributed by atoms with Crippen LogP contribution in [0.25, 0.3) is 6.08 Å². The molecule has 0 atom stereocenters. The molecular formula is C22H22N4O4S. The number of nitro groups is 1. The van der Waals surface area contributed by atoms with Crippen molar-refractivity contribution in [1.29, 1.82) is 0 Å². The molecule has 0 spiro atoms. The summed E-state index contributed by atoms with van der Waals surface area (Å²) in [5.74, 6) is 0.477. The number of rotatable bonds is 5. The largest absolute Gasteiger partial charge is 0.493 e. The summed E-state index contributed by atoms with van der Waals surface area (Å²) in [5.41, 5.74) is 1.58. The van der Waals surface area contributed by atoms with E-state index in [1.54, 1.807) is 18.2 Å². The average Bonchev–Trinajstić information content (AvgIpc) is 3.15. The second-order valence-electron chi connectivity index (χ2n) is 7.00. The Bertz CT molecular complexity index is 1060. The Morgan fingerprint density at radius 2 is 1.77 bits per heavy atom. The number of anilines is 1. The molecule has 0 aromatic heterocycles. The van der Waals surface area contributed by atoms with Crippen LogP contribution in [0.4, 0.5) is 11.4 Å². The van der Waals surface area contributed by atoms with Crippen molar-refractivity contribution in [2.24, 2.45) is 4.99 Å². The highest BCUT2D eigenvalue weighted by Crippen LogP contribution is 2.34. The number of hydrogen-bond acceptors (Lipinski definition) is 7. The fourth-order valence-electron chi connectivity index (χ4n) is 3.59. The first-order chi connectivity index (χ1) is 15.1. The number of hydrogen-bond donors (Lipinski definition) is 0. The van der Waals surface area contributed by atoms with Crippen LogP contribution in [0.1, 0.15) is 12.5 Å². The van der Waals surface area contributed by atoms with Gasteiger partial charge in [0.2, 0.25) is 0 Å². The number of nitro benzene ring substituents is 1. The van der Waals surface area contributed by atoms with Gasteiger partial charge in [-0.15, -0.1) is 0 Å². The minimum atomic E-state index is -0.353. The molecule has 0 unspecified atom stereocenters. The number of aliphatic imine (C=N–C) groups is 1. The van der Waals surface area contributed by atoms with Crippen LogP contribution in [0.3, 0.4) is 0 Å². The minimum Gasteiger partial charge on any atom is -0.493 e. The predicted octanol–water partition coefficient (Wildman–Crippen LogP) is 3.79. The van der Waals surface area contributed by atoms with E-state index in [9.17, 15) is 14.9 Å². The Hall–Kier alpha value is -3.33. The molecule has 31 heavy (non-hydrogen) atoms. The summed E-state index contributed by atoms with van der Waals surface area (Å²) in [6.45, 7) is 4.97. The van der Waals surface area contributed by atoms with Crippen LogP contribution in [-0.2, 0) is 4.79 Å². The van der Waals surface area contributed by atoms with Gasteiger partial charge in [-0.05, 0) is 36.9 Å². The SMILES string of the molecule is CCOc1ccccc1/C=C1/SC(N2CCN(c3ccccc3[N+](=O)[O-])CC2)=NC1=O. The molecular weight excluding hydrogens is 416 g/mol. The topological polar surface area (TPSA) is 88.3 Å². The Morgan fingerprint density at radius 1 is 1.10 bits per heavy atom. The number of amides is 1. The van der Waals surface area contributed by atoms with Gasteiger partial charge >= 0.3 is 0 Å². The zero-order valence-corrected chi connectivity index (χ0v) is 17.9. The summed E-state index contributed by atoms with van der Waals surface area (Å²) in [6.07, 6.45) is 1.82. The summed E-state index contributed by atoms with van der Waals surface area (Å²) < 4.78 is 5.64. The first-order valence-corrected chi connectivity index (χ1v) is 10.9. The maximum atomic E-state index is 12.5. The van der Waals surface area contributed by atoms with Crippen molar-refractivity contribution >= 4 is 40.3 Å². The lowest BCUT2D eigenvalue weighted by Crippen LogP contribution is -2.48. The van der Waals surface area contributed by atoms with Gasteiger partial charge in [-0.3, -0.25) is 14.9 Å². The Labute approximate surface area is 184 Å². The number of carbonyl (C=O) groups is 1. The van der Waals surface area contributed by atoms with Crippen LogP contribution in [0.15, 0.2) is 58.4 Å². The zero-order valence-electron chi connectivity index (χ0n) is 17.1. The second-order valence-corrected chi connectivity index (χ2v) is 8.01. The first kappa shape index (κ1) is 20.9. The minimum absolute atomic E-state index is 0.108. The molecule has 2 aliphatic rings. The third kappa shape index (κ3) is 4.56. The van der Waals surface area contributed by atoms with Gasteiger partial charge in [-0.25, -0.2) is 0 Å². The van der Waals surface area contributed by atoms with Gasteiger partial charge in [-0.2, -0.15) is 4.99 Å². The van der Waals surface area contributed by atoms with Crippen molar-refractivity contribution < 1.29 is 14.5 Å². The van der Waals surface area contributed by atoms with Crippen molar-refractivity contribution in [2.75, 3.05) is 37.7 Å². The number of para-hydroxylation sites is 3. The number of nitrogens with zero attached hydrogens (tertiary/aromatic N) is 4. The second kappa shape index (κ2) is 9.22. The maximum absolute atomic E-state index is 12.5. The number of benzene rings is 2. The normalized spacial score (nSPS) is 17.8. The van der Waals surface area contributed by atoms with E-state index in [0.717, 1.165) is 11.3 Å². The number of ether oxygens (including phenoxy) is 1. The van der Waals surface area contributed by atoms with E-state index in [-0.39, 0.29) is 16.5 Å². The molecule has 0 N–H and O–H groups in total. The highest BCUT2D eigenvalue weighted by Gasteiger charge is 2.30. The fraction of sp³-hybridized carbons (Fsp3) is 0.273. The molecule has 0 saturated carbocycles. The molecule has 2 heterocycles. The molecule has 4 rings (SSSR count). The summed E-state index contributed by atoms with van der Waals surface area (Å²) in [4.78, 5) is 32.3. The van der Waals surface area contributed by atoms with Crippen molar-refractivity contribution in [3.05, 3.63) is 69.1 Å². The zero-order chi connectivity index (χ0) is 21.8. The van der Waals surface area contributed by atoms with E-state index in [1.807, 2.05) is 42.2 Å². The molecule has 8 nitrogen and oxygen atoms in total. The summed E-state index contributed by atoms with van der Waals surface area (Å²) in [7, 11) is 0. The van der Waals surface area contributed by atoms with Gasteiger partial charge in [0.1, 0.15) is 11.4 Å². The smallest absolute Gasteiger partial charge is 0.292 e. The van der Waals surface area contributed by atoms with Crippen molar-refractivity contribution in [1.82, 2.24) is 4.90 Å². The first-order valence-electron chi connectivity index (χ1n) is 10.0. The van der Waals surface area contributed by atoms with Gasteiger partial charge in [-0.1, -0.05) is 30.3 Å². The van der Waals surface area contributed by atoms with Crippen molar-refractivity contribution in [2.45, 2.75) is 6.92 Å². The van der Waals surface area contributed by atoms with Gasteiger partial charge in [0.25, 0.3) is 11.6 Å². The average molecular weight is 439 g/mol. The van der Waals surface area contributed by atoms with E-state index in [2.05, 4.69) is 9.89 Å². The third-order valence-electron chi connectivity index (χ3n) is 5.08. The molecule has 2 aliphatic heterocycles. The quantitative estimate of drug-likeness (QED) is 0.399. The van der Waals surface area contributed by atoms with E-state index in [0.29, 0.717) is 48.5 Å². The lowest BCUT2D eigenvalue weighted by Gasteiger charge is -2.36. The Morgan fingerprint density at radius 3 is 2.52 bits per heavy atom. The lowest BCUT2D eigenvalue weighted by molar-refractivity contribution is -0.384. The molecule has 160 valence electrons. The molecule has 0 aliphatic carbocycles. The van der Waals surface area contributed by atoms with Crippen LogP contribution in [-0.4, -0.2) is 53.7 Å². The van der Waals surface area contributed by atoms with Crippen LogP contribution in [0.5, 0.6) is 5.75 Å². The van der Waals surface area contributed by atoms with E-state index in [4.69, 9.17) is 4.74 Å². The summed E-state index contributed by atoms with van der Waals surface area (Å²) >= 11 is 1.36. The van der Waals surface area contributed by atoms with E-state index < -0.39 is 0 Å². The molecule has 1 saturated heterocycles. The molecule has 2 aromatic carbocycles. The van der Waals surface area contributed by atoms with Crippen LogP contribution >= 0.6 is 11.8 Å². The monoisotopic (exact) mass is 438 g/mol. The van der Waals surface area contributed by atoms with Crippen LogP contribution in [0, 0.1) is 10.1 Å². The molecule has 0 bridgehead atoms. The number of carbonyl (C=O) groups excluding carboxylic acids is 1. The van der Waals surface area contributed by atoms with Crippen LogP contribution < -0.4 is 9.64 Å². The molecule has 1 amide bonds.